The smallest absolute Gasteiger partial charge is 0.125 e. The molecule has 1 aromatic rings. The van der Waals surface area contributed by atoms with E-state index in [1.165, 1.54) is 0 Å². The van der Waals surface area contributed by atoms with Crippen molar-refractivity contribution in [2.24, 2.45) is 0 Å². The molecule has 2 atom stereocenters. The van der Waals surface area contributed by atoms with E-state index in [4.69, 9.17) is 9.47 Å². The minimum absolute atomic E-state index is 0.0756. The maximum Gasteiger partial charge on any atom is 0.125 e. The first-order valence-electron chi connectivity index (χ1n) is 7.43. The molecule has 21 heavy (non-hydrogen) atoms. The number of morpholine rings is 1. The summed E-state index contributed by atoms with van der Waals surface area (Å²) in [6.45, 7) is 9.25. The SMILES string of the molecule is CC(C)N1CCOC(COc2ccc(Br)cc2[C@@H](C)O)C1. The number of rotatable bonds is 5. The van der Waals surface area contributed by atoms with Gasteiger partial charge < -0.3 is 14.6 Å². The summed E-state index contributed by atoms with van der Waals surface area (Å²) in [6.07, 6.45) is -0.483. The molecule has 0 aromatic heterocycles. The fourth-order valence-corrected chi connectivity index (χ4v) is 2.85. The summed E-state index contributed by atoms with van der Waals surface area (Å²) >= 11 is 3.42. The number of halogens is 1. The van der Waals surface area contributed by atoms with E-state index in [1.54, 1.807) is 6.92 Å². The second-order valence-corrected chi connectivity index (χ2v) is 6.67. The largest absolute Gasteiger partial charge is 0.490 e. The molecule has 5 heteroatoms. The van der Waals surface area contributed by atoms with E-state index in [0.29, 0.717) is 12.6 Å². The van der Waals surface area contributed by atoms with Gasteiger partial charge in [-0.1, -0.05) is 15.9 Å². The van der Waals surface area contributed by atoms with Gasteiger partial charge in [0.05, 0.1) is 12.7 Å². The molecule has 118 valence electrons. The molecule has 1 aliphatic rings. The van der Waals surface area contributed by atoms with Crippen LogP contribution in [0.3, 0.4) is 0 Å². The molecule has 0 saturated carbocycles. The van der Waals surface area contributed by atoms with Gasteiger partial charge in [-0.25, -0.2) is 0 Å². The van der Waals surface area contributed by atoms with Crippen LogP contribution < -0.4 is 4.74 Å². The summed E-state index contributed by atoms with van der Waals surface area (Å²) in [5, 5.41) is 9.84. The van der Waals surface area contributed by atoms with Crippen molar-refractivity contribution in [2.75, 3.05) is 26.3 Å². The van der Waals surface area contributed by atoms with Gasteiger partial charge in [0.2, 0.25) is 0 Å². The Kier molecular flexibility index (Phi) is 6.05. The predicted octanol–water partition coefficient (Wildman–Crippen LogP) is 2.99. The number of hydrogen-bond donors (Lipinski definition) is 1. The van der Waals surface area contributed by atoms with Crippen LogP contribution in [-0.4, -0.2) is 48.5 Å². The van der Waals surface area contributed by atoms with Crippen LogP contribution in [0.25, 0.3) is 0 Å². The Bertz CT molecular complexity index is 465. The number of aliphatic hydroxyl groups excluding tert-OH is 1. The van der Waals surface area contributed by atoms with Crippen LogP contribution in [-0.2, 0) is 4.74 Å². The van der Waals surface area contributed by atoms with Crippen LogP contribution in [0.1, 0.15) is 32.4 Å². The Morgan fingerprint density at radius 2 is 2.19 bits per heavy atom. The average molecular weight is 358 g/mol. The third-order valence-corrected chi connectivity index (χ3v) is 4.24. The summed E-state index contributed by atoms with van der Waals surface area (Å²) in [4.78, 5) is 2.40. The zero-order valence-corrected chi connectivity index (χ0v) is 14.5. The highest BCUT2D eigenvalue weighted by Crippen LogP contribution is 2.28. The van der Waals surface area contributed by atoms with E-state index in [9.17, 15) is 5.11 Å². The van der Waals surface area contributed by atoms with Gasteiger partial charge in [0, 0.05) is 29.2 Å². The average Bonchev–Trinajstić information content (AvgIpc) is 2.46. The molecule has 1 aromatic carbocycles. The van der Waals surface area contributed by atoms with Crippen LogP contribution in [0.5, 0.6) is 5.75 Å². The molecule has 1 aliphatic heterocycles. The van der Waals surface area contributed by atoms with Crippen LogP contribution in [0, 0.1) is 0 Å². The highest BCUT2D eigenvalue weighted by atomic mass is 79.9. The minimum Gasteiger partial charge on any atom is -0.490 e. The van der Waals surface area contributed by atoms with Gasteiger partial charge in [-0.3, -0.25) is 4.90 Å². The van der Waals surface area contributed by atoms with Gasteiger partial charge in [0.25, 0.3) is 0 Å². The van der Waals surface area contributed by atoms with Gasteiger partial charge in [-0.05, 0) is 39.0 Å². The number of ether oxygens (including phenoxy) is 2. The van der Waals surface area contributed by atoms with Gasteiger partial charge in [-0.2, -0.15) is 0 Å². The Hall–Kier alpha value is -0.620. The van der Waals surface area contributed by atoms with Crippen molar-refractivity contribution < 1.29 is 14.6 Å². The van der Waals surface area contributed by atoms with Gasteiger partial charge in [0.15, 0.2) is 0 Å². The molecule has 1 saturated heterocycles. The molecule has 2 rings (SSSR count). The molecule has 0 aliphatic carbocycles. The van der Waals surface area contributed by atoms with Gasteiger partial charge in [0.1, 0.15) is 18.5 Å². The second-order valence-electron chi connectivity index (χ2n) is 5.75. The number of nitrogens with zero attached hydrogens (tertiary/aromatic N) is 1. The summed E-state index contributed by atoms with van der Waals surface area (Å²) < 4.78 is 12.6. The predicted molar refractivity (Wildman–Crippen MR) is 86.7 cm³/mol. The summed E-state index contributed by atoms with van der Waals surface area (Å²) in [5.41, 5.74) is 0.793. The number of aliphatic hydroxyl groups is 1. The van der Waals surface area contributed by atoms with Crippen molar-refractivity contribution in [3.8, 4) is 5.75 Å². The molecule has 1 N–H and O–H groups in total. The van der Waals surface area contributed by atoms with Crippen LogP contribution in [0.15, 0.2) is 22.7 Å². The van der Waals surface area contributed by atoms with Crippen molar-refractivity contribution >= 4 is 15.9 Å². The first-order chi connectivity index (χ1) is 9.97. The molecule has 4 nitrogen and oxygen atoms in total. The fraction of sp³-hybridized carbons (Fsp3) is 0.625. The van der Waals surface area contributed by atoms with Gasteiger partial charge in [-0.15, -0.1) is 0 Å². The van der Waals surface area contributed by atoms with E-state index >= 15 is 0 Å². The molecule has 0 radical (unpaired) electrons. The Morgan fingerprint density at radius 1 is 1.43 bits per heavy atom. The molecule has 1 unspecified atom stereocenters. The third kappa shape index (κ3) is 4.68. The van der Waals surface area contributed by atoms with E-state index in [2.05, 4.69) is 34.7 Å². The van der Waals surface area contributed by atoms with Crippen molar-refractivity contribution in [3.63, 3.8) is 0 Å². The minimum atomic E-state index is -0.558. The van der Waals surface area contributed by atoms with Crippen molar-refractivity contribution in [2.45, 2.75) is 39.0 Å². The Balaban J connectivity index is 1.96. The quantitative estimate of drug-likeness (QED) is 0.879. The molecule has 0 amide bonds. The lowest BCUT2D eigenvalue weighted by Gasteiger charge is -2.35. The molecule has 0 bridgehead atoms. The zero-order valence-electron chi connectivity index (χ0n) is 12.9. The zero-order chi connectivity index (χ0) is 15.4. The van der Waals surface area contributed by atoms with Crippen LogP contribution in [0.2, 0.25) is 0 Å². The summed E-state index contributed by atoms with van der Waals surface area (Å²) in [6, 6.07) is 6.22. The Morgan fingerprint density at radius 3 is 2.86 bits per heavy atom. The maximum absolute atomic E-state index is 9.84. The number of hydrogen-bond acceptors (Lipinski definition) is 4. The first kappa shape index (κ1) is 16.7. The second kappa shape index (κ2) is 7.58. The standard InChI is InChI=1S/C16H24BrNO3/c1-11(2)18-6-7-20-14(9-18)10-21-16-5-4-13(17)8-15(16)12(3)19/h4-5,8,11-12,14,19H,6-7,9-10H2,1-3H3/t12-,14?/m1/s1. The van der Waals surface area contributed by atoms with E-state index in [1.807, 2.05) is 18.2 Å². The lowest BCUT2D eigenvalue weighted by atomic mass is 10.1. The first-order valence-corrected chi connectivity index (χ1v) is 8.22. The van der Waals surface area contributed by atoms with E-state index in [0.717, 1.165) is 35.5 Å². The van der Waals surface area contributed by atoms with Crippen molar-refractivity contribution in [3.05, 3.63) is 28.2 Å². The molecular formula is C16H24BrNO3. The van der Waals surface area contributed by atoms with E-state index in [-0.39, 0.29) is 6.10 Å². The highest BCUT2D eigenvalue weighted by Gasteiger charge is 2.23. The molecule has 0 spiro atoms. The normalized spacial score (nSPS) is 21.5. The lowest BCUT2D eigenvalue weighted by Crippen LogP contribution is -2.47. The van der Waals surface area contributed by atoms with Gasteiger partial charge >= 0.3 is 0 Å². The van der Waals surface area contributed by atoms with Crippen molar-refractivity contribution in [1.82, 2.24) is 4.90 Å². The maximum atomic E-state index is 9.84. The molecule has 1 heterocycles. The summed E-state index contributed by atoms with van der Waals surface area (Å²) in [5.74, 6) is 0.721. The lowest BCUT2D eigenvalue weighted by molar-refractivity contribution is -0.0567. The van der Waals surface area contributed by atoms with E-state index < -0.39 is 6.10 Å². The topological polar surface area (TPSA) is 41.9 Å². The number of benzene rings is 1. The van der Waals surface area contributed by atoms with Crippen LogP contribution in [0.4, 0.5) is 0 Å². The molecule has 1 fully saturated rings. The van der Waals surface area contributed by atoms with Crippen molar-refractivity contribution in [1.29, 1.82) is 0 Å². The third-order valence-electron chi connectivity index (χ3n) is 3.75. The monoisotopic (exact) mass is 357 g/mol. The summed E-state index contributed by atoms with van der Waals surface area (Å²) in [7, 11) is 0. The fourth-order valence-electron chi connectivity index (χ4n) is 2.47. The highest BCUT2D eigenvalue weighted by molar-refractivity contribution is 9.10. The Labute approximate surface area is 135 Å². The molecular weight excluding hydrogens is 334 g/mol. The van der Waals surface area contributed by atoms with Crippen LogP contribution >= 0.6 is 15.9 Å².